The fraction of sp³-hybridized carbons (Fsp3) is 0.696. The molecule has 0 N–H and O–H groups in total. The van der Waals surface area contributed by atoms with Crippen molar-refractivity contribution in [3.05, 3.63) is 24.3 Å². The van der Waals surface area contributed by atoms with Crippen molar-refractivity contribution in [1.29, 1.82) is 0 Å². The van der Waals surface area contributed by atoms with Gasteiger partial charge in [-0.15, -0.1) is 0 Å². The normalized spacial score (nSPS) is 34.8. The Morgan fingerprint density at radius 2 is 1.52 bits per heavy atom. The predicted octanol–water partition coefficient (Wildman–Crippen LogP) is 3.95. The number of ether oxygens (including phenoxy) is 1. The Balaban J connectivity index is 1.18. The third kappa shape index (κ3) is 3.32. The second kappa shape index (κ2) is 6.72. The molecule has 4 heteroatoms. The minimum Gasteiger partial charge on any atom is -0.497 e. The molecule has 1 saturated heterocycles. The first-order valence-corrected chi connectivity index (χ1v) is 10.8. The molecular weight excluding hydrogens is 336 g/mol. The van der Waals surface area contributed by atoms with Crippen molar-refractivity contribution in [2.24, 2.45) is 23.2 Å². The molecule has 0 atom stereocenters. The van der Waals surface area contributed by atoms with Gasteiger partial charge in [-0.1, -0.05) is 0 Å². The first kappa shape index (κ1) is 17.4. The van der Waals surface area contributed by atoms with E-state index in [2.05, 4.69) is 21.9 Å². The van der Waals surface area contributed by atoms with Crippen LogP contribution in [-0.4, -0.2) is 44.1 Å². The second-order valence-corrected chi connectivity index (χ2v) is 9.66. The van der Waals surface area contributed by atoms with Crippen molar-refractivity contribution < 1.29 is 9.53 Å². The maximum Gasteiger partial charge on any atom is 0.223 e. The fourth-order valence-corrected chi connectivity index (χ4v) is 6.95. The van der Waals surface area contributed by atoms with Crippen molar-refractivity contribution in [2.45, 2.75) is 44.9 Å². The lowest BCUT2D eigenvalue weighted by Gasteiger charge is -2.57. The molecule has 1 amide bonds. The average molecular weight is 369 g/mol. The van der Waals surface area contributed by atoms with E-state index in [-0.39, 0.29) is 0 Å². The van der Waals surface area contributed by atoms with E-state index in [1.54, 1.807) is 7.11 Å². The number of hydrogen-bond acceptors (Lipinski definition) is 3. The predicted molar refractivity (Wildman–Crippen MR) is 107 cm³/mol. The number of piperazine rings is 1. The van der Waals surface area contributed by atoms with Crippen molar-refractivity contribution in [3.8, 4) is 5.75 Å². The van der Waals surface area contributed by atoms with Crippen LogP contribution in [0, 0.1) is 23.2 Å². The lowest BCUT2D eigenvalue weighted by Crippen LogP contribution is -2.52. The van der Waals surface area contributed by atoms with Crippen molar-refractivity contribution in [2.75, 3.05) is 38.2 Å². The number of nitrogens with zero attached hydrogens (tertiary/aromatic N) is 2. The zero-order chi connectivity index (χ0) is 18.4. The average Bonchev–Trinajstić information content (AvgIpc) is 2.67. The number of carbonyl (C=O) groups excluding carboxylic acids is 1. The topological polar surface area (TPSA) is 32.8 Å². The van der Waals surface area contributed by atoms with E-state index >= 15 is 0 Å². The summed E-state index contributed by atoms with van der Waals surface area (Å²) in [6.45, 7) is 3.58. The van der Waals surface area contributed by atoms with Crippen LogP contribution in [0.4, 0.5) is 5.69 Å². The van der Waals surface area contributed by atoms with Crippen LogP contribution in [-0.2, 0) is 4.79 Å². The summed E-state index contributed by atoms with van der Waals surface area (Å²) in [6, 6.07) is 8.26. The molecule has 1 aromatic rings. The monoisotopic (exact) mass is 368 g/mol. The molecule has 5 fully saturated rings. The Bertz CT molecular complexity index is 656. The van der Waals surface area contributed by atoms with Crippen molar-refractivity contribution >= 4 is 11.6 Å². The minimum atomic E-state index is 0.360. The summed E-state index contributed by atoms with van der Waals surface area (Å²) in [7, 11) is 1.70. The summed E-state index contributed by atoms with van der Waals surface area (Å²) in [6.07, 6.45) is 9.17. The summed E-state index contributed by atoms with van der Waals surface area (Å²) in [5.41, 5.74) is 1.59. The van der Waals surface area contributed by atoms with Gasteiger partial charge in [0.05, 0.1) is 7.11 Å². The molecule has 6 rings (SSSR count). The van der Waals surface area contributed by atoms with Crippen LogP contribution in [0.15, 0.2) is 24.3 Å². The molecule has 4 saturated carbocycles. The largest absolute Gasteiger partial charge is 0.497 e. The first-order valence-electron chi connectivity index (χ1n) is 10.8. The Morgan fingerprint density at radius 1 is 0.963 bits per heavy atom. The highest BCUT2D eigenvalue weighted by atomic mass is 16.5. The first-order chi connectivity index (χ1) is 13.1. The van der Waals surface area contributed by atoms with Crippen LogP contribution in [0.5, 0.6) is 5.75 Å². The van der Waals surface area contributed by atoms with Gasteiger partial charge in [-0.25, -0.2) is 0 Å². The van der Waals surface area contributed by atoms with E-state index in [0.29, 0.717) is 11.3 Å². The zero-order valence-electron chi connectivity index (χ0n) is 16.5. The SMILES string of the molecule is COc1ccc(N2CCN(C(=O)CC34CC5CC(CC(C5)C3)C4)CC2)cc1. The van der Waals surface area contributed by atoms with E-state index in [4.69, 9.17) is 4.74 Å². The van der Waals surface area contributed by atoms with Gasteiger partial charge in [0.2, 0.25) is 5.91 Å². The Labute approximate surface area is 162 Å². The molecular formula is C23H32N2O2. The second-order valence-electron chi connectivity index (χ2n) is 9.66. The van der Waals surface area contributed by atoms with Gasteiger partial charge in [-0.05, 0) is 86.0 Å². The van der Waals surface area contributed by atoms with Crippen LogP contribution >= 0.6 is 0 Å². The highest BCUT2D eigenvalue weighted by Crippen LogP contribution is 2.61. The molecule has 4 nitrogen and oxygen atoms in total. The highest BCUT2D eigenvalue weighted by Gasteiger charge is 2.51. The molecule has 146 valence electrons. The van der Waals surface area contributed by atoms with E-state index in [0.717, 1.165) is 56.1 Å². The molecule has 1 aromatic carbocycles. The van der Waals surface area contributed by atoms with Gasteiger partial charge in [0.15, 0.2) is 0 Å². The van der Waals surface area contributed by atoms with Gasteiger partial charge in [0, 0.05) is 38.3 Å². The third-order valence-electron chi connectivity index (χ3n) is 7.76. The molecule has 1 heterocycles. The molecule has 0 aromatic heterocycles. The number of carbonyl (C=O) groups is 1. The van der Waals surface area contributed by atoms with Crippen LogP contribution in [0.25, 0.3) is 0 Å². The van der Waals surface area contributed by atoms with Gasteiger partial charge in [-0.3, -0.25) is 4.79 Å². The lowest BCUT2D eigenvalue weighted by molar-refractivity contribution is -0.139. The Morgan fingerprint density at radius 3 is 2.04 bits per heavy atom. The van der Waals surface area contributed by atoms with E-state index in [1.165, 1.54) is 44.2 Å². The summed E-state index contributed by atoms with van der Waals surface area (Å²) in [4.78, 5) is 17.6. The number of hydrogen-bond donors (Lipinski definition) is 0. The van der Waals surface area contributed by atoms with Crippen LogP contribution in [0.1, 0.15) is 44.9 Å². The molecule has 0 radical (unpaired) electrons. The number of benzene rings is 1. The van der Waals surface area contributed by atoms with Crippen LogP contribution in [0.2, 0.25) is 0 Å². The Kier molecular flexibility index (Phi) is 4.33. The van der Waals surface area contributed by atoms with Gasteiger partial charge in [0.1, 0.15) is 5.75 Å². The smallest absolute Gasteiger partial charge is 0.223 e. The number of rotatable bonds is 4. The minimum absolute atomic E-state index is 0.360. The zero-order valence-corrected chi connectivity index (χ0v) is 16.5. The maximum absolute atomic E-state index is 13.1. The summed E-state index contributed by atoms with van der Waals surface area (Å²) in [5, 5.41) is 0. The molecule has 5 aliphatic rings. The van der Waals surface area contributed by atoms with Crippen molar-refractivity contribution in [3.63, 3.8) is 0 Å². The molecule has 27 heavy (non-hydrogen) atoms. The Hall–Kier alpha value is -1.71. The van der Waals surface area contributed by atoms with Crippen LogP contribution in [0.3, 0.4) is 0 Å². The molecule has 0 unspecified atom stereocenters. The van der Waals surface area contributed by atoms with Gasteiger partial charge < -0.3 is 14.5 Å². The molecule has 4 aliphatic carbocycles. The summed E-state index contributed by atoms with van der Waals surface area (Å²) in [5.74, 6) is 4.09. The number of methoxy groups -OCH3 is 1. The number of anilines is 1. The third-order valence-corrected chi connectivity index (χ3v) is 7.76. The summed E-state index contributed by atoms with van der Waals surface area (Å²) >= 11 is 0. The lowest BCUT2D eigenvalue weighted by atomic mass is 9.49. The van der Waals surface area contributed by atoms with Gasteiger partial charge >= 0.3 is 0 Å². The van der Waals surface area contributed by atoms with Crippen LogP contribution < -0.4 is 9.64 Å². The molecule has 0 spiro atoms. The van der Waals surface area contributed by atoms with Gasteiger partial charge in [-0.2, -0.15) is 0 Å². The maximum atomic E-state index is 13.1. The molecule has 4 bridgehead atoms. The summed E-state index contributed by atoms with van der Waals surface area (Å²) < 4.78 is 5.25. The standard InChI is InChI=1S/C23H32N2O2/c1-27-21-4-2-20(3-5-21)24-6-8-25(9-7-24)22(26)16-23-13-17-10-18(14-23)12-19(11-17)15-23/h2-5,17-19H,6-16H2,1H3. The van der Waals surface area contributed by atoms with E-state index in [9.17, 15) is 4.79 Å². The molecule has 1 aliphatic heterocycles. The number of amides is 1. The fourth-order valence-electron chi connectivity index (χ4n) is 6.95. The highest BCUT2D eigenvalue weighted by molar-refractivity contribution is 5.77. The van der Waals surface area contributed by atoms with Gasteiger partial charge in [0.25, 0.3) is 0 Å². The quantitative estimate of drug-likeness (QED) is 0.807. The van der Waals surface area contributed by atoms with Crippen molar-refractivity contribution in [1.82, 2.24) is 4.90 Å². The van der Waals surface area contributed by atoms with E-state index in [1.807, 2.05) is 12.1 Å². The van der Waals surface area contributed by atoms with E-state index < -0.39 is 0 Å².